The van der Waals surface area contributed by atoms with Crippen molar-refractivity contribution in [2.45, 2.75) is 44.7 Å². The van der Waals surface area contributed by atoms with Crippen LogP contribution in [-0.2, 0) is 20.9 Å². The normalized spacial score (nSPS) is 25.1. The van der Waals surface area contributed by atoms with Crippen LogP contribution in [0.2, 0.25) is 0 Å². The Hall–Kier alpha value is -1.99. The van der Waals surface area contributed by atoms with E-state index in [4.69, 9.17) is 4.74 Å². The number of ether oxygens (including phenoxy) is 1. The lowest BCUT2D eigenvalue weighted by atomic mass is 9.72. The maximum Gasteiger partial charge on any atom is 0.224 e. The molecule has 7 nitrogen and oxygen atoms in total. The van der Waals surface area contributed by atoms with Gasteiger partial charge in [0, 0.05) is 64.0 Å². The molecule has 28 heavy (non-hydrogen) atoms. The van der Waals surface area contributed by atoms with E-state index in [9.17, 15) is 9.59 Å². The van der Waals surface area contributed by atoms with Crippen molar-refractivity contribution in [1.82, 2.24) is 20.1 Å². The highest BCUT2D eigenvalue weighted by atomic mass is 16.5. The van der Waals surface area contributed by atoms with Crippen LogP contribution >= 0.6 is 0 Å². The molecule has 7 heteroatoms. The Morgan fingerprint density at radius 3 is 2.75 bits per heavy atom. The summed E-state index contributed by atoms with van der Waals surface area (Å²) in [6.07, 6.45) is 7.58. The van der Waals surface area contributed by atoms with Gasteiger partial charge in [-0.25, -0.2) is 0 Å². The number of carbonyl (C=O) groups is 2. The minimum Gasteiger partial charge on any atom is -0.378 e. The van der Waals surface area contributed by atoms with Crippen LogP contribution in [0.1, 0.15) is 37.7 Å². The third-order valence-electron chi connectivity index (χ3n) is 6.47. The minimum atomic E-state index is 0.139. The van der Waals surface area contributed by atoms with Crippen LogP contribution in [-0.4, -0.2) is 72.0 Å². The molecular formula is C21H30N4O3. The molecule has 3 aliphatic rings. The second-order valence-electron chi connectivity index (χ2n) is 8.42. The van der Waals surface area contributed by atoms with E-state index in [0.29, 0.717) is 26.0 Å². The van der Waals surface area contributed by atoms with Crippen molar-refractivity contribution in [3.63, 3.8) is 0 Å². The highest BCUT2D eigenvalue weighted by Crippen LogP contribution is 2.40. The Labute approximate surface area is 166 Å². The molecule has 1 atom stereocenters. The molecule has 0 radical (unpaired) electrons. The Morgan fingerprint density at radius 2 is 2.04 bits per heavy atom. The predicted molar refractivity (Wildman–Crippen MR) is 104 cm³/mol. The Balaban J connectivity index is 1.31. The summed E-state index contributed by atoms with van der Waals surface area (Å²) >= 11 is 0. The Bertz CT molecular complexity index is 682. The second-order valence-corrected chi connectivity index (χ2v) is 8.42. The first-order chi connectivity index (χ1) is 13.6. The zero-order valence-electron chi connectivity index (χ0n) is 16.4. The highest BCUT2D eigenvalue weighted by molar-refractivity contribution is 5.78. The SMILES string of the molecule is O=C(CC1COCCN1)N1CCC2(CCC(=O)N(Cc3ccncc3)C2)CC1. The molecule has 4 rings (SSSR count). The lowest BCUT2D eigenvalue weighted by molar-refractivity contribution is -0.143. The fourth-order valence-corrected chi connectivity index (χ4v) is 4.68. The average molecular weight is 386 g/mol. The molecule has 1 aromatic rings. The van der Waals surface area contributed by atoms with E-state index in [1.165, 1.54) is 0 Å². The maximum atomic E-state index is 12.7. The van der Waals surface area contributed by atoms with Crippen LogP contribution in [0.5, 0.6) is 0 Å². The van der Waals surface area contributed by atoms with Gasteiger partial charge in [-0.1, -0.05) is 0 Å². The monoisotopic (exact) mass is 386 g/mol. The van der Waals surface area contributed by atoms with Crippen LogP contribution in [0.3, 0.4) is 0 Å². The van der Waals surface area contributed by atoms with Gasteiger partial charge >= 0.3 is 0 Å². The molecule has 0 aromatic carbocycles. The average Bonchev–Trinajstić information content (AvgIpc) is 2.73. The number of amides is 2. The number of likely N-dealkylation sites (tertiary alicyclic amines) is 2. The summed E-state index contributed by atoms with van der Waals surface area (Å²) in [4.78, 5) is 33.2. The first-order valence-electron chi connectivity index (χ1n) is 10.4. The molecule has 3 fully saturated rings. The first-order valence-corrected chi connectivity index (χ1v) is 10.4. The molecule has 0 aliphatic carbocycles. The van der Waals surface area contributed by atoms with Crippen molar-refractivity contribution >= 4 is 11.8 Å². The zero-order valence-corrected chi connectivity index (χ0v) is 16.4. The van der Waals surface area contributed by atoms with E-state index >= 15 is 0 Å². The van der Waals surface area contributed by atoms with Crippen molar-refractivity contribution in [2.24, 2.45) is 5.41 Å². The van der Waals surface area contributed by atoms with Gasteiger partial charge in [0.2, 0.25) is 11.8 Å². The lowest BCUT2D eigenvalue weighted by Crippen LogP contribution is -2.53. The standard InChI is InChI=1S/C21H30N4O3/c26-19-1-4-21(16-25(19)14-17-2-7-22-8-3-17)5-10-24(11-6-21)20(27)13-18-15-28-12-9-23-18/h2-3,7-8,18,23H,1,4-6,9-16H2. The van der Waals surface area contributed by atoms with Gasteiger partial charge in [-0.2, -0.15) is 0 Å². The molecule has 0 bridgehead atoms. The molecule has 1 unspecified atom stereocenters. The number of rotatable bonds is 4. The van der Waals surface area contributed by atoms with Gasteiger partial charge in [0.15, 0.2) is 0 Å². The summed E-state index contributed by atoms with van der Waals surface area (Å²) in [5.74, 6) is 0.461. The van der Waals surface area contributed by atoms with Gasteiger partial charge in [0.25, 0.3) is 0 Å². The molecule has 0 saturated carbocycles. The van der Waals surface area contributed by atoms with E-state index in [0.717, 1.165) is 57.6 Å². The molecule has 3 saturated heterocycles. The quantitative estimate of drug-likeness (QED) is 0.841. The number of carbonyl (C=O) groups excluding carboxylic acids is 2. The van der Waals surface area contributed by atoms with Gasteiger partial charge < -0.3 is 19.9 Å². The zero-order chi connectivity index (χ0) is 19.4. The van der Waals surface area contributed by atoms with Crippen LogP contribution in [0.4, 0.5) is 0 Å². The topological polar surface area (TPSA) is 74.8 Å². The van der Waals surface area contributed by atoms with Crippen LogP contribution in [0.15, 0.2) is 24.5 Å². The van der Waals surface area contributed by atoms with Gasteiger partial charge in [-0.3, -0.25) is 14.6 Å². The summed E-state index contributed by atoms with van der Waals surface area (Å²) in [5.41, 5.74) is 1.28. The number of pyridine rings is 1. The molecule has 2 amide bonds. The molecule has 3 aliphatic heterocycles. The van der Waals surface area contributed by atoms with Crippen molar-refractivity contribution < 1.29 is 14.3 Å². The van der Waals surface area contributed by atoms with Crippen molar-refractivity contribution in [3.05, 3.63) is 30.1 Å². The van der Waals surface area contributed by atoms with Crippen LogP contribution in [0, 0.1) is 5.41 Å². The molecule has 1 spiro atoms. The smallest absolute Gasteiger partial charge is 0.224 e. The molecule has 1 aromatic heterocycles. The van der Waals surface area contributed by atoms with E-state index in [-0.39, 0.29) is 23.3 Å². The molecule has 152 valence electrons. The number of hydrogen-bond acceptors (Lipinski definition) is 5. The lowest BCUT2D eigenvalue weighted by Gasteiger charge is -2.47. The molecular weight excluding hydrogens is 356 g/mol. The van der Waals surface area contributed by atoms with Gasteiger partial charge in [0.05, 0.1) is 13.2 Å². The fourth-order valence-electron chi connectivity index (χ4n) is 4.68. The third-order valence-corrected chi connectivity index (χ3v) is 6.47. The third kappa shape index (κ3) is 4.52. The number of morpholine rings is 1. The summed E-state index contributed by atoms with van der Waals surface area (Å²) < 4.78 is 5.46. The van der Waals surface area contributed by atoms with Gasteiger partial charge in [-0.05, 0) is 42.4 Å². The van der Waals surface area contributed by atoms with Crippen molar-refractivity contribution in [1.29, 1.82) is 0 Å². The molecule has 1 N–H and O–H groups in total. The summed E-state index contributed by atoms with van der Waals surface area (Å²) in [6.45, 7) is 5.21. The Morgan fingerprint density at radius 1 is 1.25 bits per heavy atom. The van der Waals surface area contributed by atoms with E-state index in [1.807, 2.05) is 21.9 Å². The fraction of sp³-hybridized carbons (Fsp3) is 0.667. The largest absolute Gasteiger partial charge is 0.378 e. The van der Waals surface area contributed by atoms with Crippen molar-refractivity contribution in [2.75, 3.05) is 39.4 Å². The summed E-state index contributed by atoms with van der Waals surface area (Å²) in [6, 6.07) is 4.08. The number of hydrogen-bond donors (Lipinski definition) is 1. The highest BCUT2D eigenvalue weighted by Gasteiger charge is 2.41. The maximum absolute atomic E-state index is 12.7. The Kier molecular flexibility index (Phi) is 5.92. The minimum absolute atomic E-state index is 0.139. The summed E-state index contributed by atoms with van der Waals surface area (Å²) in [7, 11) is 0. The van der Waals surface area contributed by atoms with Crippen LogP contribution in [0.25, 0.3) is 0 Å². The number of nitrogens with zero attached hydrogens (tertiary/aromatic N) is 3. The predicted octanol–water partition coefficient (Wildman–Crippen LogP) is 1.19. The van der Waals surface area contributed by atoms with E-state index < -0.39 is 0 Å². The van der Waals surface area contributed by atoms with Crippen LogP contribution < -0.4 is 5.32 Å². The van der Waals surface area contributed by atoms with E-state index in [2.05, 4.69) is 10.3 Å². The van der Waals surface area contributed by atoms with Gasteiger partial charge in [0.1, 0.15) is 0 Å². The second kappa shape index (κ2) is 8.57. The van der Waals surface area contributed by atoms with Gasteiger partial charge in [-0.15, -0.1) is 0 Å². The van der Waals surface area contributed by atoms with E-state index in [1.54, 1.807) is 12.4 Å². The number of nitrogens with one attached hydrogen (secondary N) is 1. The number of aromatic nitrogens is 1. The summed E-state index contributed by atoms with van der Waals surface area (Å²) in [5, 5.41) is 3.36. The first kappa shape index (κ1) is 19.3. The van der Waals surface area contributed by atoms with Crippen molar-refractivity contribution in [3.8, 4) is 0 Å². The molecule has 4 heterocycles. The number of piperidine rings is 2.